The molecule has 0 saturated heterocycles. The molecule has 26 heavy (non-hydrogen) atoms. The van der Waals surface area contributed by atoms with E-state index in [0.29, 0.717) is 5.56 Å². The Labute approximate surface area is 153 Å². The maximum absolute atomic E-state index is 13.0. The molecule has 0 heterocycles. The molecule has 136 valence electrons. The summed E-state index contributed by atoms with van der Waals surface area (Å²) in [7, 11) is -3.91. The zero-order chi connectivity index (χ0) is 19.0. The Hall–Kier alpha value is -2.73. The summed E-state index contributed by atoms with van der Waals surface area (Å²) in [5, 5.41) is -1.32. The van der Waals surface area contributed by atoms with E-state index in [0.717, 1.165) is 6.08 Å². The normalized spacial score (nSPS) is 12.7. The second-order valence-corrected chi connectivity index (χ2v) is 7.60. The van der Waals surface area contributed by atoms with Gasteiger partial charge in [-0.1, -0.05) is 54.6 Å². The van der Waals surface area contributed by atoms with E-state index in [4.69, 9.17) is 4.74 Å². The molecule has 0 fully saturated rings. The van der Waals surface area contributed by atoms with Crippen LogP contribution >= 0.6 is 0 Å². The van der Waals surface area contributed by atoms with Crippen LogP contribution in [0.2, 0.25) is 0 Å². The van der Waals surface area contributed by atoms with Gasteiger partial charge >= 0.3 is 5.97 Å². The number of benzene rings is 2. The number of carbonyl (C=O) groups is 2. The van der Waals surface area contributed by atoms with Crippen LogP contribution in [0.5, 0.6) is 0 Å². The first-order chi connectivity index (χ1) is 12.5. The molecule has 1 atom stereocenters. The Balaban J connectivity index is 2.36. The van der Waals surface area contributed by atoms with Gasteiger partial charge in [-0.2, -0.15) is 0 Å². The summed E-state index contributed by atoms with van der Waals surface area (Å²) in [4.78, 5) is 24.3. The lowest BCUT2D eigenvalue weighted by molar-refractivity contribution is -0.137. The number of ketones is 1. The number of sulfone groups is 1. The Kier molecular flexibility index (Phi) is 6.86. The molecule has 2 aromatic carbocycles. The standard InChI is InChI=1S/C20H20O5S/c1-2-25-19(21)15-9-14-18(20(22)16-10-5-3-6-11-16)26(23,24)17-12-7-4-8-13-17/h3-13,15,18H,2,14H2,1H3. The van der Waals surface area contributed by atoms with Crippen molar-refractivity contribution in [2.75, 3.05) is 6.61 Å². The predicted molar refractivity (Wildman–Crippen MR) is 98.6 cm³/mol. The van der Waals surface area contributed by atoms with Crippen molar-refractivity contribution in [3.63, 3.8) is 0 Å². The van der Waals surface area contributed by atoms with Crippen LogP contribution in [0.1, 0.15) is 23.7 Å². The molecule has 0 saturated carbocycles. The average molecular weight is 372 g/mol. The van der Waals surface area contributed by atoms with E-state index in [1.165, 1.54) is 18.2 Å². The molecule has 0 aliphatic rings. The number of allylic oxidation sites excluding steroid dienone is 1. The zero-order valence-electron chi connectivity index (χ0n) is 14.4. The molecule has 6 heteroatoms. The number of rotatable bonds is 8. The quantitative estimate of drug-likeness (QED) is 0.404. The van der Waals surface area contributed by atoms with E-state index in [2.05, 4.69) is 0 Å². The average Bonchev–Trinajstić information content (AvgIpc) is 2.66. The maximum Gasteiger partial charge on any atom is 0.330 e. The lowest BCUT2D eigenvalue weighted by Gasteiger charge is -2.15. The number of carbonyl (C=O) groups excluding carboxylic acids is 2. The van der Waals surface area contributed by atoms with Crippen LogP contribution in [0.25, 0.3) is 0 Å². The topological polar surface area (TPSA) is 77.5 Å². The van der Waals surface area contributed by atoms with Crippen molar-refractivity contribution in [2.45, 2.75) is 23.5 Å². The Morgan fingerprint density at radius 1 is 1.00 bits per heavy atom. The molecule has 0 bridgehead atoms. The van der Waals surface area contributed by atoms with Crippen molar-refractivity contribution in [2.24, 2.45) is 0 Å². The van der Waals surface area contributed by atoms with Gasteiger partial charge < -0.3 is 4.74 Å². The highest BCUT2D eigenvalue weighted by atomic mass is 32.2. The first kappa shape index (κ1) is 19.6. The third kappa shape index (κ3) is 4.89. The highest BCUT2D eigenvalue weighted by Crippen LogP contribution is 2.22. The van der Waals surface area contributed by atoms with E-state index in [-0.39, 0.29) is 17.9 Å². The maximum atomic E-state index is 13.0. The van der Waals surface area contributed by atoms with Gasteiger partial charge in [0.15, 0.2) is 15.6 Å². The van der Waals surface area contributed by atoms with Gasteiger partial charge in [0, 0.05) is 11.6 Å². The lowest BCUT2D eigenvalue weighted by atomic mass is 10.1. The van der Waals surface area contributed by atoms with Crippen LogP contribution in [-0.4, -0.2) is 32.0 Å². The highest BCUT2D eigenvalue weighted by molar-refractivity contribution is 7.92. The smallest absolute Gasteiger partial charge is 0.330 e. The van der Waals surface area contributed by atoms with E-state index in [1.54, 1.807) is 55.5 Å². The van der Waals surface area contributed by atoms with Gasteiger partial charge in [0.05, 0.1) is 11.5 Å². The minimum atomic E-state index is -3.91. The van der Waals surface area contributed by atoms with Gasteiger partial charge in [-0.05, 0) is 25.5 Å². The summed E-state index contributed by atoms with van der Waals surface area (Å²) in [6.45, 7) is 1.89. The fourth-order valence-corrected chi connectivity index (χ4v) is 4.06. The van der Waals surface area contributed by atoms with Gasteiger partial charge in [0.2, 0.25) is 0 Å². The second kappa shape index (κ2) is 9.10. The molecule has 0 spiro atoms. The Morgan fingerprint density at radius 3 is 2.15 bits per heavy atom. The number of hydrogen-bond acceptors (Lipinski definition) is 5. The first-order valence-electron chi connectivity index (χ1n) is 8.18. The van der Waals surface area contributed by atoms with Crippen molar-refractivity contribution in [1.82, 2.24) is 0 Å². The molecule has 5 nitrogen and oxygen atoms in total. The van der Waals surface area contributed by atoms with Crippen LogP contribution in [0.3, 0.4) is 0 Å². The second-order valence-electron chi connectivity index (χ2n) is 5.47. The Morgan fingerprint density at radius 2 is 1.58 bits per heavy atom. The van der Waals surface area contributed by atoms with Crippen LogP contribution in [0.4, 0.5) is 0 Å². The van der Waals surface area contributed by atoms with Gasteiger partial charge in [-0.25, -0.2) is 13.2 Å². The summed E-state index contributed by atoms with van der Waals surface area (Å²) in [6, 6.07) is 16.1. The fourth-order valence-electron chi connectivity index (χ4n) is 2.42. The monoisotopic (exact) mass is 372 g/mol. The molecule has 0 aliphatic heterocycles. The molecule has 1 unspecified atom stereocenters. The van der Waals surface area contributed by atoms with Gasteiger partial charge in [-0.15, -0.1) is 0 Å². The van der Waals surface area contributed by atoms with E-state index < -0.39 is 26.8 Å². The van der Waals surface area contributed by atoms with Gasteiger partial charge in [0.25, 0.3) is 0 Å². The molecule has 0 N–H and O–H groups in total. The number of Topliss-reactive ketones (excluding diaryl/α,β-unsaturated/α-hetero) is 1. The fraction of sp³-hybridized carbons (Fsp3) is 0.200. The van der Waals surface area contributed by atoms with E-state index in [1.807, 2.05) is 0 Å². The molecule has 0 radical (unpaired) electrons. The molecule has 2 rings (SSSR count). The lowest BCUT2D eigenvalue weighted by Crippen LogP contribution is -2.30. The summed E-state index contributed by atoms with van der Waals surface area (Å²) in [5.41, 5.74) is 0.307. The van der Waals surface area contributed by atoms with Gasteiger partial charge in [-0.3, -0.25) is 4.79 Å². The predicted octanol–water partition coefficient (Wildman–Crippen LogP) is 3.22. The van der Waals surface area contributed by atoms with Crippen molar-refractivity contribution in [3.8, 4) is 0 Å². The van der Waals surface area contributed by atoms with Crippen molar-refractivity contribution in [1.29, 1.82) is 0 Å². The first-order valence-corrected chi connectivity index (χ1v) is 9.73. The van der Waals surface area contributed by atoms with Crippen LogP contribution in [-0.2, 0) is 19.4 Å². The number of ether oxygens (including phenoxy) is 1. The molecule has 0 aliphatic carbocycles. The summed E-state index contributed by atoms with van der Waals surface area (Å²) >= 11 is 0. The summed E-state index contributed by atoms with van der Waals surface area (Å²) in [5.74, 6) is -1.08. The molecular weight excluding hydrogens is 352 g/mol. The number of hydrogen-bond donors (Lipinski definition) is 0. The molecule has 0 amide bonds. The van der Waals surface area contributed by atoms with Crippen LogP contribution in [0, 0.1) is 0 Å². The van der Waals surface area contributed by atoms with Crippen molar-refractivity contribution >= 4 is 21.6 Å². The SMILES string of the molecule is CCOC(=O)C=CCC(C(=O)c1ccccc1)S(=O)(=O)c1ccccc1. The minimum absolute atomic E-state index is 0.0683. The molecule has 2 aromatic rings. The van der Waals surface area contributed by atoms with Gasteiger partial charge in [0.1, 0.15) is 5.25 Å². The van der Waals surface area contributed by atoms with Crippen LogP contribution in [0.15, 0.2) is 77.7 Å². The molecular formula is C20H20O5S. The Bertz CT molecular complexity index is 871. The highest BCUT2D eigenvalue weighted by Gasteiger charge is 2.33. The van der Waals surface area contributed by atoms with Crippen molar-refractivity contribution in [3.05, 3.63) is 78.4 Å². The minimum Gasteiger partial charge on any atom is -0.463 e. The summed E-state index contributed by atoms with van der Waals surface area (Å²) < 4.78 is 30.7. The third-order valence-corrected chi connectivity index (χ3v) is 5.77. The summed E-state index contributed by atoms with van der Waals surface area (Å²) in [6.07, 6.45) is 2.39. The van der Waals surface area contributed by atoms with E-state index >= 15 is 0 Å². The molecule has 0 aromatic heterocycles. The van der Waals surface area contributed by atoms with Crippen molar-refractivity contribution < 1.29 is 22.7 Å². The van der Waals surface area contributed by atoms with Crippen LogP contribution < -0.4 is 0 Å². The van der Waals surface area contributed by atoms with E-state index in [9.17, 15) is 18.0 Å². The number of esters is 1. The zero-order valence-corrected chi connectivity index (χ0v) is 15.2. The third-order valence-electron chi connectivity index (χ3n) is 3.69. The largest absolute Gasteiger partial charge is 0.463 e.